The highest BCUT2D eigenvalue weighted by atomic mass is 16.5. The number of methoxy groups -OCH3 is 1. The first-order valence-corrected chi connectivity index (χ1v) is 10.5. The molecule has 0 saturated carbocycles. The molecule has 0 bridgehead atoms. The fourth-order valence-electron chi connectivity index (χ4n) is 4.38. The molecule has 2 saturated heterocycles. The van der Waals surface area contributed by atoms with Crippen LogP contribution in [0.15, 0.2) is 24.3 Å². The summed E-state index contributed by atoms with van der Waals surface area (Å²) in [5, 5.41) is 0. The van der Waals surface area contributed by atoms with Gasteiger partial charge >= 0.3 is 5.97 Å². The summed E-state index contributed by atoms with van der Waals surface area (Å²) in [7, 11) is 1.68. The van der Waals surface area contributed by atoms with Crippen LogP contribution in [-0.2, 0) is 20.7 Å². The van der Waals surface area contributed by atoms with Gasteiger partial charge in [-0.05, 0) is 69.7 Å². The Balaban J connectivity index is 1.62. The number of ether oxygens (including phenoxy) is 2. The van der Waals surface area contributed by atoms with Gasteiger partial charge in [0.05, 0.1) is 20.3 Å². The van der Waals surface area contributed by atoms with Crippen molar-refractivity contribution in [3.8, 4) is 5.75 Å². The van der Waals surface area contributed by atoms with E-state index in [1.165, 1.54) is 5.56 Å². The Hall–Kier alpha value is -2.08. The third-order valence-corrected chi connectivity index (χ3v) is 5.82. The van der Waals surface area contributed by atoms with E-state index < -0.39 is 6.04 Å². The topological polar surface area (TPSA) is 59.1 Å². The third kappa shape index (κ3) is 5.04. The van der Waals surface area contributed by atoms with Crippen molar-refractivity contribution in [1.82, 2.24) is 9.80 Å². The van der Waals surface area contributed by atoms with Crippen molar-refractivity contribution in [2.45, 2.75) is 57.5 Å². The summed E-state index contributed by atoms with van der Waals surface area (Å²) < 4.78 is 10.5. The van der Waals surface area contributed by atoms with Gasteiger partial charge in [0.25, 0.3) is 0 Å². The largest absolute Gasteiger partial charge is 0.497 e. The second-order valence-corrected chi connectivity index (χ2v) is 7.67. The predicted molar refractivity (Wildman–Crippen MR) is 107 cm³/mol. The van der Waals surface area contributed by atoms with Gasteiger partial charge in [0.1, 0.15) is 11.8 Å². The molecule has 28 heavy (non-hydrogen) atoms. The molecule has 2 heterocycles. The van der Waals surface area contributed by atoms with Gasteiger partial charge in [-0.3, -0.25) is 9.69 Å². The molecule has 2 aliphatic rings. The van der Waals surface area contributed by atoms with E-state index in [2.05, 4.69) is 17.0 Å². The minimum absolute atomic E-state index is 0.0512. The smallest absolute Gasteiger partial charge is 0.328 e. The van der Waals surface area contributed by atoms with Crippen molar-refractivity contribution < 1.29 is 19.1 Å². The van der Waals surface area contributed by atoms with Crippen molar-refractivity contribution >= 4 is 11.9 Å². The predicted octanol–water partition coefficient (Wildman–Crippen LogP) is 2.65. The van der Waals surface area contributed by atoms with E-state index in [-0.39, 0.29) is 11.9 Å². The average Bonchev–Trinajstić information content (AvgIpc) is 3.14. The molecule has 2 atom stereocenters. The Morgan fingerprint density at radius 3 is 2.79 bits per heavy atom. The van der Waals surface area contributed by atoms with Crippen LogP contribution in [-0.4, -0.2) is 67.1 Å². The zero-order valence-electron chi connectivity index (χ0n) is 17.1. The number of carbonyl (C=O) groups is 2. The van der Waals surface area contributed by atoms with Crippen LogP contribution in [0.2, 0.25) is 0 Å². The summed E-state index contributed by atoms with van der Waals surface area (Å²) in [4.78, 5) is 29.3. The number of carbonyl (C=O) groups excluding carboxylic acids is 2. The maximum Gasteiger partial charge on any atom is 0.328 e. The van der Waals surface area contributed by atoms with Crippen LogP contribution < -0.4 is 4.74 Å². The molecule has 1 aromatic carbocycles. The van der Waals surface area contributed by atoms with Gasteiger partial charge in [-0.2, -0.15) is 0 Å². The number of hydrogen-bond donors (Lipinski definition) is 0. The van der Waals surface area contributed by atoms with Gasteiger partial charge in [0.2, 0.25) is 5.91 Å². The first-order valence-electron chi connectivity index (χ1n) is 10.5. The van der Waals surface area contributed by atoms with E-state index in [9.17, 15) is 9.59 Å². The molecular weight excluding hydrogens is 356 g/mol. The molecule has 0 aliphatic carbocycles. The number of likely N-dealkylation sites (tertiary alicyclic amines) is 2. The normalized spacial score (nSPS) is 22.9. The fourth-order valence-corrected chi connectivity index (χ4v) is 4.38. The zero-order valence-corrected chi connectivity index (χ0v) is 17.1. The monoisotopic (exact) mass is 388 g/mol. The Bertz CT molecular complexity index is 678. The second-order valence-electron chi connectivity index (χ2n) is 7.67. The van der Waals surface area contributed by atoms with Gasteiger partial charge in [-0.1, -0.05) is 12.1 Å². The summed E-state index contributed by atoms with van der Waals surface area (Å²) in [6.45, 7) is 4.12. The molecule has 0 N–H and O–H groups in total. The van der Waals surface area contributed by atoms with E-state index in [1.807, 2.05) is 12.1 Å². The van der Waals surface area contributed by atoms with Crippen molar-refractivity contribution in [1.29, 1.82) is 0 Å². The Labute approximate surface area is 167 Å². The number of nitrogens with zero attached hydrogens (tertiary/aromatic N) is 2. The summed E-state index contributed by atoms with van der Waals surface area (Å²) >= 11 is 0. The molecule has 1 aromatic rings. The molecule has 0 spiro atoms. The van der Waals surface area contributed by atoms with Crippen LogP contribution in [0.1, 0.15) is 44.6 Å². The summed E-state index contributed by atoms with van der Waals surface area (Å²) in [5.74, 6) is 0.656. The number of rotatable bonds is 7. The molecule has 2 fully saturated rings. The maximum absolute atomic E-state index is 13.0. The van der Waals surface area contributed by atoms with E-state index >= 15 is 0 Å². The van der Waals surface area contributed by atoms with Crippen LogP contribution >= 0.6 is 0 Å². The molecule has 0 radical (unpaired) electrons. The van der Waals surface area contributed by atoms with E-state index in [0.29, 0.717) is 32.2 Å². The minimum atomic E-state index is -0.416. The van der Waals surface area contributed by atoms with Crippen LogP contribution in [0.5, 0.6) is 5.75 Å². The van der Waals surface area contributed by atoms with Crippen molar-refractivity contribution in [2.24, 2.45) is 0 Å². The van der Waals surface area contributed by atoms with Gasteiger partial charge < -0.3 is 14.4 Å². The Morgan fingerprint density at radius 2 is 2.00 bits per heavy atom. The molecule has 0 unspecified atom stereocenters. The molecule has 1 amide bonds. The number of amides is 1. The lowest BCUT2D eigenvalue weighted by molar-refractivity contribution is -0.157. The average molecular weight is 389 g/mol. The van der Waals surface area contributed by atoms with Crippen LogP contribution in [0.4, 0.5) is 0 Å². The highest BCUT2D eigenvalue weighted by Gasteiger charge is 2.35. The molecule has 0 aromatic heterocycles. The summed E-state index contributed by atoms with van der Waals surface area (Å²) in [5.41, 5.74) is 1.23. The Morgan fingerprint density at radius 1 is 1.14 bits per heavy atom. The second kappa shape index (κ2) is 9.92. The molecule has 6 nitrogen and oxygen atoms in total. The SMILES string of the molecule is CCOC(=O)[C@@H]1CCCCN1C(=O)CN1CCC[C@@H]1Cc1cccc(OC)c1. The Kier molecular flexibility index (Phi) is 7.31. The molecular formula is C22H32N2O4. The number of piperidine rings is 1. The van der Waals surface area contributed by atoms with Crippen molar-refractivity contribution in [3.05, 3.63) is 29.8 Å². The van der Waals surface area contributed by atoms with E-state index in [4.69, 9.17) is 9.47 Å². The lowest BCUT2D eigenvalue weighted by Crippen LogP contribution is -2.52. The first-order chi connectivity index (χ1) is 13.6. The minimum Gasteiger partial charge on any atom is -0.497 e. The number of benzene rings is 1. The van der Waals surface area contributed by atoms with E-state index in [0.717, 1.165) is 44.4 Å². The standard InChI is InChI=1S/C22H32N2O4/c1-3-28-22(26)20-11-4-5-13-24(20)21(25)16-23-12-7-9-18(23)14-17-8-6-10-19(15-17)27-2/h6,8,10,15,18,20H,3-5,7,9,11-14,16H2,1-2H3/t18-,20+/m1/s1. The molecule has 6 heteroatoms. The summed E-state index contributed by atoms with van der Waals surface area (Å²) in [6, 6.07) is 8.08. The highest BCUT2D eigenvalue weighted by molar-refractivity contribution is 5.85. The van der Waals surface area contributed by atoms with E-state index in [1.54, 1.807) is 18.9 Å². The van der Waals surface area contributed by atoms with Gasteiger partial charge in [0, 0.05) is 12.6 Å². The zero-order chi connectivity index (χ0) is 19.9. The van der Waals surface area contributed by atoms with Gasteiger partial charge in [-0.25, -0.2) is 4.79 Å². The van der Waals surface area contributed by atoms with Gasteiger partial charge in [0.15, 0.2) is 0 Å². The van der Waals surface area contributed by atoms with Gasteiger partial charge in [-0.15, -0.1) is 0 Å². The number of esters is 1. The molecule has 3 rings (SSSR count). The van der Waals surface area contributed by atoms with Crippen LogP contribution in [0.25, 0.3) is 0 Å². The third-order valence-electron chi connectivity index (χ3n) is 5.82. The van der Waals surface area contributed by atoms with Crippen LogP contribution in [0, 0.1) is 0 Å². The quantitative estimate of drug-likeness (QED) is 0.672. The highest BCUT2D eigenvalue weighted by Crippen LogP contribution is 2.24. The lowest BCUT2D eigenvalue weighted by Gasteiger charge is -2.36. The van der Waals surface area contributed by atoms with Crippen LogP contribution in [0.3, 0.4) is 0 Å². The lowest BCUT2D eigenvalue weighted by atomic mass is 10.0. The van der Waals surface area contributed by atoms with Crippen molar-refractivity contribution in [3.63, 3.8) is 0 Å². The summed E-state index contributed by atoms with van der Waals surface area (Å²) in [6.07, 6.45) is 5.73. The molecule has 2 aliphatic heterocycles. The first kappa shape index (κ1) is 20.6. The number of hydrogen-bond acceptors (Lipinski definition) is 5. The maximum atomic E-state index is 13.0. The molecule has 154 valence electrons. The fraction of sp³-hybridized carbons (Fsp3) is 0.636. The van der Waals surface area contributed by atoms with Crippen molar-refractivity contribution in [2.75, 3.05) is 33.4 Å².